The van der Waals surface area contributed by atoms with E-state index < -0.39 is 40.1 Å². The normalized spacial score (nSPS) is 11.1. The molecule has 0 bridgehead atoms. The van der Waals surface area contributed by atoms with Gasteiger partial charge >= 0.3 is 0 Å². The van der Waals surface area contributed by atoms with E-state index in [1.54, 1.807) is 30.3 Å². The fourth-order valence-electron chi connectivity index (χ4n) is 2.74. The van der Waals surface area contributed by atoms with E-state index in [1.165, 1.54) is 7.11 Å². The Morgan fingerprint density at radius 2 is 1.94 bits per heavy atom. The highest BCUT2D eigenvalue weighted by atomic mass is 35.5. The van der Waals surface area contributed by atoms with Crippen LogP contribution in [0.1, 0.15) is 23.7 Å². The third-order valence-corrected chi connectivity index (χ3v) is 4.48. The van der Waals surface area contributed by atoms with Gasteiger partial charge in [0.2, 0.25) is 5.75 Å². The van der Waals surface area contributed by atoms with E-state index in [2.05, 4.69) is 4.98 Å². The van der Waals surface area contributed by atoms with Crippen LogP contribution in [0.15, 0.2) is 47.5 Å². The molecule has 0 fully saturated rings. The van der Waals surface area contributed by atoms with Crippen molar-refractivity contribution in [3.8, 4) is 23.3 Å². The molecule has 31 heavy (non-hydrogen) atoms. The maximum absolute atomic E-state index is 14.5. The van der Waals surface area contributed by atoms with Crippen molar-refractivity contribution in [3.63, 3.8) is 0 Å². The number of benzene rings is 2. The van der Waals surface area contributed by atoms with Crippen molar-refractivity contribution in [2.45, 2.75) is 19.4 Å². The van der Waals surface area contributed by atoms with Crippen molar-refractivity contribution in [1.82, 2.24) is 9.55 Å². The summed E-state index contributed by atoms with van der Waals surface area (Å²) < 4.78 is 54.0. The number of aromatic nitrogens is 2. The van der Waals surface area contributed by atoms with E-state index in [1.807, 2.05) is 0 Å². The molecule has 1 heterocycles. The standard InChI is InChI=1S/C21H15ClF3N3O3/c1-21(24,25)19-18(31-16-8-14(22)7-13(9-26)17(16)23)20(29)28(11-27-19)10-12-3-5-15(30-2)6-4-12/h3-8,11H,10H2,1-2H3. The molecule has 3 aromatic rings. The molecular formula is C21H15ClF3N3O3. The molecule has 0 saturated carbocycles. The van der Waals surface area contributed by atoms with Gasteiger partial charge in [-0.2, -0.15) is 14.0 Å². The molecule has 0 amide bonds. The van der Waals surface area contributed by atoms with Crippen molar-refractivity contribution in [2.24, 2.45) is 0 Å². The molecule has 0 N–H and O–H groups in total. The molecule has 10 heteroatoms. The van der Waals surface area contributed by atoms with E-state index in [-0.39, 0.29) is 11.6 Å². The van der Waals surface area contributed by atoms with E-state index in [4.69, 9.17) is 26.3 Å². The Bertz CT molecular complexity index is 1220. The Hall–Kier alpha value is -3.51. The fraction of sp³-hybridized carbons (Fsp3) is 0.190. The van der Waals surface area contributed by atoms with Gasteiger partial charge in [-0.25, -0.2) is 9.37 Å². The number of alkyl halides is 2. The molecule has 0 spiro atoms. The van der Waals surface area contributed by atoms with Crippen LogP contribution in [0.3, 0.4) is 0 Å². The maximum atomic E-state index is 14.5. The third kappa shape index (κ3) is 4.81. The summed E-state index contributed by atoms with van der Waals surface area (Å²) in [7, 11) is 1.50. The Morgan fingerprint density at radius 3 is 2.52 bits per heavy atom. The van der Waals surface area contributed by atoms with Gasteiger partial charge in [0.25, 0.3) is 11.5 Å². The first kappa shape index (κ1) is 22.2. The SMILES string of the molecule is COc1ccc(Cn2cnc(C(C)(F)F)c(Oc3cc(Cl)cc(C#N)c3F)c2=O)cc1. The molecule has 0 unspecified atom stereocenters. The summed E-state index contributed by atoms with van der Waals surface area (Å²) in [5, 5.41) is 8.94. The Balaban J connectivity index is 2.09. The number of halogens is 4. The summed E-state index contributed by atoms with van der Waals surface area (Å²) in [6.07, 6.45) is 0.960. The van der Waals surface area contributed by atoms with Crippen LogP contribution >= 0.6 is 11.6 Å². The third-order valence-electron chi connectivity index (χ3n) is 4.26. The van der Waals surface area contributed by atoms with Gasteiger partial charge in [0.15, 0.2) is 17.3 Å². The highest BCUT2D eigenvalue weighted by Gasteiger charge is 2.34. The van der Waals surface area contributed by atoms with Crippen LogP contribution in [-0.2, 0) is 12.5 Å². The minimum Gasteiger partial charge on any atom is -0.497 e. The molecule has 0 aliphatic rings. The predicted molar refractivity (Wildman–Crippen MR) is 106 cm³/mol. The topological polar surface area (TPSA) is 77.1 Å². The van der Waals surface area contributed by atoms with E-state index in [9.17, 15) is 18.0 Å². The molecule has 0 aliphatic carbocycles. The first-order valence-electron chi connectivity index (χ1n) is 8.81. The average molecular weight is 450 g/mol. The van der Waals surface area contributed by atoms with Gasteiger partial charge < -0.3 is 9.47 Å². The van der Waals surface area contributed by atoms with Gasteiger partial charge in [-0.15, -0.1) is 0 Å². The molecule has 0 radical (unpaired) electrons. The summed E-state index contributed by atoms with van der Waals surface area (Å²) in [5.74, 6) is -5.60. The molecule has 0 atom stereocenters. The fourth-order valence-corrected chi connectivity index (χ4v) is 2.95. The van der Waals surface area contributed by atoms with Gasteiger partial charge in [0, 0.05) is 18.0 Å². The molecule has 1 aromatic heterocycles. The summed E-state index contributed by atoms with van der Waals surface area (Å²) in [5.41, 5.74) is -1.73. The lowest BCUT2D eigenvalue weighted by Crippen LogP contribution is -2.27. The van der Waals surface area contributed by atoms with Crippen LogP contribution in [0.4, 0.5) is 13.2 Å². The number of methoxy groups -OCH3 is 1. The highest BCUT2D eigenvalue weighted by molar-refractivity contribution is 6.30. The Morgan fingerprint density at radius 1 is 1.26 bits per heavy atom. The van der Waals surface area contributed by atoms with Gasteiger partial charge in [0.1, 0.15) is 11.8 Å². The molecule has 2 aromatic carbocycles. The first-order chi connectivity index (χ1) is 14.6. The molecule has 0 aliphatic heterocycles. The monoisotopic (exact) mass is 449 g/mol. The molecule has 3 rings (SSSR count). The quantitative estimate of drug-likeness (QED) is 0.536. The summed E-state index contributed by atoms with van der Waals surface area (Å²) in [6.45, 7) is 0.522. The largest absolute Gasteiger partial charge is 0.497 e. The summed E-state index contributed by atoms with van der Waals surface area (Å²) >= 11 is 5.84. The summed E-state index contributed by atoms with van der Waals surface area (Å²) in [4.78, 5) is 16.6. The maximum Gasteiger partial charge on any atom is 0.297 e. The Kier molecular flexibility index (Phi) is 6.22. The lowest BCUT2D eigenvalue weighted by Gasteiger charge is -2.17. The van der Waals surface area contributed by atoms with Crippen LogP contribution < -0.4 is 15.0 Å². The van der Waals surface area contributed by atoms with Crippen LogP contribution in [0, 0.1) is 17.1 Å². The number of ether oxygens (including phenoxy) is 2. The van der Waals surface area contributed by atoms with Gasteiger partial charge in [-0.1, -0.05) is 23.7 Å². The second-order valence-corrected chi connectivity index (χ2v) is 7.01. The number of rotatable bonds is 6. The smallest absolute Gasteiger partial charge is 0.297 e. The predicted octanol–water partition coefficient (Wildman–Crippen LogP) is 4.87. The molecule has 0 saturated heterocycles. The van der Waals surface area contributed by atoms with Gasteiger partial charge in [0.05, 0.1) is 25.5 Å². The second kappa shape index (κ2) is 8.70. The van der Waals surface area contributed by atoms with Crippen LogP contribution in [0.25, 0.3) is 0 Å². The number of nitrogens with zero attached hydrogens (tertiary/aromatic N) is 3. The number of hydrogen-bond acceptors (Lipinski definition) is 5. The summed E-state index contributed by atoms with van der Waals surface area (Å²) in [6, 6.07) is 10.3. The van der Waals surface area contributed by atoms with Crippen molar-refractivity contribution in [2.75, 3.05) is 7.11 Å². The van der Waals surface area contributed by atoms with Crippen molar-refractivity contribution in [3.05, 3.63) is 80.7 Å². The minimum absolute atomic E-state index is 0.0107. The number of nitriles is 1. The zero-order chi connectivity index (χ0) is 22.8. The first-order valence-corrected chi connectivity index (χ1v) is 9.19. The molecule has 6 nitrogen and oxygen atoms in total. The van der Waals surface area contributed by atoms with Crippen LogP contribution in [0.2, 0.25) is 5.02 Å². The van der Waals surface area contributed by atoms with Crippen molar-refractivity contribution >= 4 is 11.6 Å². The van der Waals surface area contributed by atoms with E-state index in [0.717, 1.165) is 23.0 Å². The zero-order valence-corrected chi connectivity index (χ0v) is 17.1. The zero-order valence-electron chi connectivity index (χ0n) is 16.3. The van der Waals surface area contributed by atoms with Crippen LogP contribution in [0.5, 0.6) is 17.2 Å². The van der Waals surface area contributed by atoms with Crippen LogP contribution in [-0.4, -0.2) is 16.7 Å². The lowest BCUT2D eigenvalue weighted by molar-refractivity contribution is 0.0100. The van der Waals surface area contributed by atoms with Crippen molar-refractivity contribution in [1.29, 1.82) is 5.26 Å². The average Bonchev–Trinajstić information content (AvgIpc) is 2.72. The highest BCUT2D eigenvalue weighted by Crippen LogP contribution is 2.35. The van der Waals surface area contributed by atoms with E-state index in [0.29, 0.717) is 18.2 Å². The van der Waals surface area contributed by atoms with E-state index >= 15 is 0 Å². The minimum atomic E-state index is -3.55. The second-order valence-electron chi connectivity index (χ2n) is 6.57. The Labute approximate surface area is 180 Å². The van der Waals surface area contributed by atoms with Crippen molar-refractivity contribution < 1.29 is 22.6 Å². The lowest BCUT2D eigenvalue weighted by atomic mass is 10.2. The molecule has 160 valence electrons. The molecular weight excluding hydrogens is 435 g/mol. The van der Waals surface area contributed by atoms with Gasteiger partial charge in [-0.05, 0) is 23.8 Å². The van der Waals surface area contributed by atoms with Gasteiger partial charge in [-0.3, -0.25) is 9.36 Å². The number of hydrogen-bond donors (Lipinski definition) is 0.